The first-order valence-corrected chi connectivity index (χ1v) is 14.4. The van der Waals surface area contributed by atoms with Crippen LogP contribution in [0.2, 0.25) is 0 Å². The lowest BCUT2D eigenvalue weighted by molar-refractivity contribution is 0.398. The molecule has 6 rings (SSSR count). The van der Waals surface area contributed by atoms with Crippen LogP contribution < -0.4 is 4.74 Å². The standard InChI is InChI=1S/C19H23NO.C16H22/c1-19(2,3)18-15-7-5-6-13(15)8-9-16(18)14-10-11-20-17(12-14)21-4;1-16(2,3)15-13-8-4-6-11(13)10-12-7-5-9-14(12)15/h8-12H,5-7H2,1-4H3;10H,4-9H2,1-3H3. The Morgan fingerprint density at radius 3 is 1.70 bits per heavy atom. The van der Waals surface area contributed by atoms with Gasteiger partial charge in [0.15, 0.2) is 0 Å². The molecule has 0 bridgehead atoms. The molecule has 0 atom stereocenters. The molecule has 0 amide bonds. The highest BCUT2D eigenvalue weighted by Gasteiger charge is 2.30. The van der Waals surface area contributed by atoms with Gasteiger partial charge in [-0.3, -0.25) is 0 Å². The summed E-state index contributed by atoms with van der Waals surface area (Å²) in [5, 5.41) is 0. The fourth-order valence-electron chi connectivity index (χ4n) is 7.17. The average Bonchev–Trinajstić information content (AvgIpc) is 3.60. The van der Waals surface area contributed by atoms with E-state index in [1.54, 1.807) is 40.5 Å². The number of ether oxygens (including phenoxy) is 1. The first kappa shape index (κ1) is 26.0. The van der Waals surface area contributed by atoms with Crippen molar-refractivity contribution in [2.75, 3.05) is 7.11 Å². The van der Waals surface area contributed by atoms with E-state index in [-0.39, 0.29) is 5.41 Å². The van der Waals surface area contributed by atoms with Crippen molar-refractivity contribution < 1.29 is 4.74 Å². The molecular formula is C35H45NO. The van der Waals surface area contributed by atoms with Crippen molar-refractivity contribution in [3.8, 4) is 17.0 Å². The molecule has 2 aromatic carbocycles. The van der Waals surface area contributed by atoms with Gasteiger partial charge in [-0.25, -0.2) is 4.98 Å². The normalized spacial score (nSPS) is 16.1. The zero-order chi connectivity index (χ0) is 26.4. The van der Waals surface area contributed by atoms with Gasteiger partial charge in [-0.15, -0.1) is 0 Å². The Hall–Kier alpha value is -2.61. The van der Waals surface area contributed by atoms with Crippen molar-refractivity contribution in [3.05, 3.63) is 81.0 Å². The van der Waals surface area contributed by atoms with Crippen LogP contribution in [0.1, 0.15) is 105 Å². The van der Waals surface area contributed by atoms with Crippen LogP contribution in [0.25, 0.3) is 11.1 Å². The molecular weight excluding hydrogens is 450 g/mol. The van der Waals surface area contributed by atoms with Crippen LogP contribution in [0.4, 0.5) is 0 Å². The van der Waals surface area contributed by atoms with E-state index in [1.165, 1.54) is 80.0 Å². The lowest BCUT2D eigenvalue weighted by Gasteiger charge is -2.27. The van der Waals surface area contributed by atoms with E-state index in [0.29, 0.717) is 11.3 Å². The number of rotatable bonds is 2. The summed E-state index contributed by atoms with van der Waals surface area (Å²) in [6.45, 7) is 14.1. The Labute approximate surface area is 224 Å². The quantitative estimate of drug-likeness (QED) is 0.355. The number of hydrogen-bond donors (Lipinski definition) is 0. The van der Waals surface area contributed by atoms with Crippen molar-refractivity contribution in [3.63, 3.8) is 0 Å². The molecule has 37 heavy (non-hydrogen) atoms. The minimum Gasteiger partial charge on any atom is -0.481 e. The fourth-order valence-corrected chi connectivity index (χ4v) is 7.17. The van der Waals surface area contributed by atoms with E-state index in [2.05, 4.69) is 70.8 Å². The minimum atomic E-state index is 0.140. The number of fused-ring (bicyclic) bond motifs is 3. The third kappa shape index (κ3) is 5.09. The van der Waals surface area contributed by atoms with Gasteiger partial charge in [-0.2, -0.15) is 0 Å². The molecule has 0 radical (unpaired) electrons. The molecule has 0 fully saturated rings. The summed E-state index contributed by atoms with van der Waals surface area (Å²) in [7, 11) is 1.67. The van der Waals surface area contributed by atoms with Crippen molar-refractivity contribution in [1.82, 2.24) is 4.98 Å². The number of methoxy groups -OCH3 is 1. The van der Waals surface area contributed by atoms with Crippen LogP contribution in [0.5, 0.6) is 5.88 Å². The van der Waals surface area contributed by atoms with Gasteiger partial charge in [-0.1, -0.05) is 59.7 Å². The van der Waals surface area contributed by atoms with Crippen molar-refractivity contribution in [2.45, 2.75) is 110 Å². The predicted molar refractivity (Wildman–Crippen MR) is 156 cm³/mol. The van der Waals surface area contributed by atoms with Crippen molar-refractivity contribution in [1.29, 1.82) is 0 Å². The smallest absolute Gasteiger partial charge is 0.213 e. The number of hydrogen-bond acceptors (Lipinski definition) is 2. The lowest BCUT2D eigenvalue weighted by Crippen LogP contribution is -2.17. The van der Waals surface area contributed by atoms with Crippen LogP contribution in [0, 0.1) is 0 Å². The van der Waals surface area contributed by atoms with E-state index >= 15 is 0 Å². The van der Waals surface area contributed by atoms with Crippen molar-refractivity contribution >= 4 is 0 Å². The SMILES string of the molecule is CC(C)(C)c1c2c(cc3c1CCC3)CCC2.COc1cc(-c2ccc3c(c2C(C)(C)C)CCC3)ccn1. The van der Waals surface area contributed by atoms with Crippen LogP contribution in [-0.4, -0.2) is 12.1 Å². The second-order valence-electron chi connectivity index (χ2n) is 13.3. The Morgan fingerprint density at radius 2 is 1.16 bits per heavy atom. The van der Waals surface area contributed by atoms with Gasteiger partial charge in [0.05, 0.1) is 7.11 Å². The van der Waals surface area contributed by atoms with Crippen molar-refractivity contribution in [2.24, 2.45) is 0 Å². The maximum absolute atomic E-state index is 5.28. The van der Waals surface area contributed by atoms with Crippen LogP contribution in [-0.2, 0) is 49.4 Å². The predicted octanol–water partition coefficient (Wildman–Crippen LogP) is 8.50. The summed E-state index contributed by atoms with van der Waals surface area (Å²) >= 11 is 0. The molecule has 3 aliphatic rings. The Kier molecular flexibility index (Phi) is 6.98. The molecule has 3 aromatic rings. The maximum Gasteiger partial charge on any atom is 0.213 e. The number of aromatic nitrogens is 1. The van der Waals surface area contributed by atoms with Gasteiger partial charge < -0.3 is 4.74 Å². The monoisotopic (exact) mass is 495 g/mol. The summed E-state index contributed by atoms with van der Waals surface area (Å²) in [6, 6.07) is 11.2. The molecule has 196 valence electrons. The van der Waals surface area contributed by atoms with E-state index < -0.39 is 0 Å². The Balaban J connectivity index is 0.000000157. The Morgan fingerprint density at radius 1 is 0.622 bits per heavy atom. The fraction of sp³-hybridized carbons (Fsp3) is 0.514. The van der Waals surface area contributed by atoms with E-state index in [9.17, 15) is 0 Å². The third-order valence-electron chi connectivity index (χ3n) is 8.51. The van der Waals surface area contributed by atoms with E-state index in [1.807, 2.05) is 12.3 Å². The Bertz CT molecular complexity index is 1270. The van der Waals surface area contributed by atoms with Crippen LogP contribution in [0.3, 0.4) is 0 Å². The molecule has 2 heteroatoms. The minimum absolute atomic E-state index is 0.140. The molecule has 1 aromatic heterocycles. The average molecular weight is 496 g/mol. The number of nitrogens with zero attached hydrogens (tertiary/aromatic N) is 1. The molecule has 0 aliphatic heterocycles. The first-order valence-electron chi connectivity index (χ1n) is 14.4. The van der Waals surface area contributed by atoms with Gasteiger partial charge in [0.2, 0.25) is 5.88 Å². The van der Waals surface area contributed by atoms with Gasteiger partial charge in [-0.05, 0) is 130 Å². The second-order valence-corrected chi connectivity index (χ2v) is 13.3. The van der Waals surface area contributed by atoms with Gasteiger partial charge >= 0.3 is 0 Å². The number of benzene rings is 2. The summed E-state index contributed by atoms with van der Waals surface area (Å²) < 4.78 is 5.28. The molecule has 0 spiro atoms. The molecule has 3 aliphatic carbocycles. The maximum atomic E-state index is 5.28. The van der Waals surface area contributed by atoms with E-state index in [4.69, 9.17) is 4.74 Å². The highest BCUT2D eigenvalue weighted by atomic mass is 16.5. The number of aryl methyl sites for hydroxylation is 3. The second kappa shape index (κ2) is 9.93. The molecule has 0 unspecified atom stereocenters. The molecule has 0 N–H and O–H groups in total. The zero-order valence-electron chi connectivity index (χ0n) is 24.2. The summed E-state index contributed by atoms with van der Waals surface area (Å²) in [6.07, 6.45) is 13.6. The van der Waals surface area contributed by atoms with Gasteiger partial charge in [0.25, 0.3) is 0 Å². The lowest BCUT2D eigenvalue weighted by atomic mass is 9.78. The molecule has 0 saturated carbocycles. The van der Waals surface area contributed by atoms with Gasteiger partial charge in [0, 0.05) is 12.3 Å². The van der Waals surface area contributed by atoms with Crippen LogP contribution >= 0.6 is 0 Å². The highest BCUT2D eigenvalue weighted by Crippen LogP contribution is 2.42. The summed E-state index contributed by atoms with van der Waals surface area (Å²) in [4.78, 5) is 4.23. The molecule has 0 saturated heterocycles. The third-order valence-corrected chi connectivity index (χ3v) is 8.51. The highest BCUT2D eigenvalue weighted by molar-refractivity contribution is 5.72. The summed E-state index contributed by atoms with van der Waals surface area (Å²) in [5.41, 5.74) is 16.1. The number of pyridine rings is 1. The van der Waals surface area contributed by atoms with E-state index in [0.717, 1.165) is 0 Å². The van der Waals surface area contributed by atoms with Gasteiger partial charge in [0.1, 0.15) is 0 Å². The zero-order valence-corrected chi connectivity index (χ0v) is 24.2. The first-order chi connectivity index (χ1) is 17.6. The summed E-state index contributed by atoms with van der Waals surface area (Å²) in [5.74, 6) is 0.674. The molecule has 2 nitrogen and oxygen atoms in total. The largest absolute Gasteiger partial charge is 0.481 e. The molecule has 1 heterocycles. The van der Waals surface area contributed by atoms with Crippen LogP contribution in [0.15, 0.2) is 36.5 Å². The topological polar surface area (TPSA) is 22.1 Å².